The molecule has 2 aromatic rings. The first-order chi connectivity index (χ1) is 13.5. The summed E-state index contributed by atoms with van der Waals surface area (Å²) in [7, 11) is 0. The van der Waals surface area contributed by atoms with Gasteiger partial charge in [0, 0.05) is 34.4 Å². The Hall–Kier alpha value is -2.34. The van der Waals surface area contributed by atoms with Crippen LogP contribution in [-0.4, -0.2) is 30.2 Å². The molecule has 0 bridgehead atoms. The van der Waals surface area contributed by atoms with Crippen LogP contribution in [0, 0.1) is 11.7 Å². The Balaban J connectivity index is 1.57. The van der Waals surface area contributed by atoms with Gasteiger partial charge < -0.3 is 10.2 Å². The Kier molecular flexibility index (Phi) is 5.40. The Morgan fingerprint density at radius 1 is 1.11 bits per heavy atom. The van der Waals surface area contributed by atoms with Gasteiger partial charge in [0.15, 0.2) is 0 Å². The number of nitrogens with zero attached hydrogens (tertiary/aromatic N) is 1. The van der Waals surface area contributed by atoms with Crippen molar-refractivity contribution in [3.05, 3.63) is 59.4 Å². The highest BCUT2D eigenvalue weighted by molar-refractivity contribution is 7.99. The van der Waals surface area contributed by atoms with E-state index in [2.05, 4.69) is 12.2 Å². The lowest BCUT2D eigenvalue weighted by Crippen LogP contribution is -2.36. The Labute approximate surface area is 168 Å². The number of fused-ring (bicyclic) bond motifs is 1. The molecule has 2 amide bonds. The van der Waals surface area contributed by atoms with E-state index in [1.807, 2.05) is 12.1 Å². The summed E-state index contributed by atoms with van der Waals surface area (Å²) in [6, 6.07) is 11.3. The van der Waals surface area contributed by atoms with Crippen LogP contribution in [0.1, 0.15) is 46.9 Å². The number of hydrogen-bond acceptors (Lipinski definition) is 3. The van der Waals surface area contributed by atoms with Gasteiger partial charge in [0.25, 0.3) is 11.8 Å². The van der Waals surface area contributed by atoms with Crippen molar-refractivity contribution in [1.82, 2.24) is 5.32 Å². The Morgan fingerprint density at radius 2 is 1.86 bits per heavy atom. The molecule has 2 unspecified atom stereocenters. The number of carbonyl (C=O) groups excluding carboxylic acids is 2. The van der Waals surface area contributed by atoms with Crippen molar-refractivity contribution < 1.29 is 14.0 Å². The van der Waals surface area contributed by atoms with E-state index in [4.69, 9.17) is 0 Å². The van der Waals surface area contributed by atoms with Crippen molar-refractivity contribution in [2.24, 2.45) is 5.92 Å². The molecule has 4 nitrogen and oxygen atoms in total. The van der Waals surface area contributed by atoms with E-state index < -0.39 is 0 Å². The smallest absolute Gasteiger partial charge is 0.258 e. The molecule has 6 heteroatoms. The van der Waals surface area contributed by atoms with E-state index in [1.54, 1.807) is 22.7 Å². The van der Waals surface area contributed by atoms with Gasteiger partial charge in [0.2, 0.25) is 0 Å². The quantitative estimate of drug-likeness (QED) is 0.828. The van der Waals surface area contributed by atoms with Crippen molar-refractivity contribution >= 4 is 29.3 Å². The second-order valence-corrected chi connectivity index (χ2v) is 8.72. The van der Waals surface area contributed by atoms with Crippen molar-refractivity contribution in [2.45, 2.75) is 37.1 Å². The molecule has 1 saturated carbocycles. The Bertz CT molecular complexity index is 900. The molecule has 1 N–H and O–H groups in total. The average molecular weight is 399 g/mol. The molecule has 1 aliphatic carbocycles. The van der Waals surface area contributed by atoms with Gasteiger partial charge in [-0.2, -0.15) is 0 Å². The number of benzene rings is 2. The van der Waals surface area contributed by atoms with Crippen LogP contribution in [0.25, 0.3) is 0 Å². The molecular formula is C22H23FN2O2S. The maximum atomic E-state index is 13.2. The maximum Gasteiger partial charge on any atom is 0.258 e. The summed E-state index contributed by atoms with van der Waals surface area (Å²) in [5.41, 5.74) is 1.75. The van der Waals surface area contributed by atoms with Crippen LogP contribution in [0.4, 0.5) is 10.1 Å². The van der Waals surface area contributed by atoms with Gasteiger partial charge in [-0.25, -0.2) is 4.39 Å². The number of amides is 2. The normalized spacial score (nSPS) is 21.3. The first-order valence-electron chi connectivity index (χ1n) is 9.66. The van der Waals surface area contributed by atoms with Crippen LogP contribution < -0.4 is 10.2 Å². The zero-order valence-corrected chi connectivity index (χ0v) is 16.6. The van der Waals surface area contributed by atoms with Crippen molar-refractivity contribution in [1.29, 1.82) is 0 Å². The lowest BCUT2D eigenvalue weighted by Gasteiger charge is -2.29. The van der Waals surface area contributed by atoms with E-state index in [0.717, 1.165) is 35.6 Å². The highest BCUT2D eigenvalue weighted by Crippen LogP contribution is 2.36. The average Bonchev–Trinajstić information content (AvgIpc) is 3.11. The second-order valence-electron chi connectivity index (χ2n) is 7.58. The molecule has 1 heterocycles. The summed E-state index contributed by atoms with van der Waals surface area (Å²) in [6.45, 7) is 2.76. The van der Waals surface area contributed by atoms with E-state index in [9.17, 15) is 14.0 Å². The van der Waals surface area contributed by atoms with Crippen molar-refractivity contribution in [3.8, 4) is 0 Å². The lowest BCUT2D eigenvalue weighted by molar-refractivity contribution is 0.0934. The molecule has 0 radical (unpaired) electrons. The first kappa shape index (κ1) is 19.0. The SMILES string of the molecule is CC1CCC(NC(=O)c2ccc3c(c2)N(C(=O)c2ccc(F)cc2)CCS3)C1. The number of carbonyl (C=O) groups is 2. The first-order valence-corrected chi connectivity index (χ1v) is 10.6. The fourth-order valence-corrected chi connectivity index (χ4v) is 4.90. The summed E-state index contributed by atoms with van der Waals surface area (Å²) >= 11 is 1.68. The van der Waals surface area contributed by atoms with Gasteiger partial charge in [0.1, 0.15) is 5.82 Å². The Morgan fingerprint density at radius 3 is 2.57 bits per heavy atom. The molecule has 1 aliphatic heterocycles. The number of anilines is 1. The van der Waals surface area contributed by atoms with Gasteiger partial charge in [-0.05, 0) is 67.6 Å². The van der Waals surface area contributed by atoms with Crippen molar-refractivity contribution in [2.75, 3.05) is 17.2 Å². The third kappa shape index (κ3) is 3.92. The summed E-state index contributed by atoms with van der Waals surface area (Å²) in [5.74, 6) is 0.793. The fourth-order valence-electron chi connectivity index (χ4n) is 3.93. The fraction of sp³-hybridized carbons (Fsp3) is 0.364. The third-order valence-corrected chi connectivity index (χ3v) is 6.49. The minimum absolute atomic E-state index is 0.0911. The van der Waals surface area contributed by atoms with Crippen LogP contribution in [0.3, 0.4) is 0 Å². The predicted molar refractivity (Wildman–Crippen MR) is 110 cm³/mol. The standard InChI is InChI=1S/C22H23FN2O2S/c1-14-2-8-18(12-14)24-21(26)16-5-9-20-19(13-16)25(10-11-28-20)22(27)15-3-6-17(23)7-4-15/h3-7,9,13-14,18H,2,8,10-12H2,1H3,(H,24,26). The molecule has 1 fully saturated rings. The molecule has 0 saturated heterocycles. The predicted octanol–water partition coefficient (Wildman–Crippen LogP) is 4.50. The van der Waals surface area contributed by atoms with Crippen molar-refractivity contribution in [3.63, 3.8) is 0 Å². The highest BCUT2D eigenvalue weighted by atomic mass is 32.2. The second kappa shape index (κ2) is 7.95. The number of nitrogens with one attached hydrogen (secondary N) is 1. The van der Waals surface area contributed by atoms with Crippen LogP contribution in [0.5, 0.6) is 0 Å². The summed E-state index contributed by atoms with van der Waals surface area (Å²) in [6.07, 6.45) is 3.18. The maximum absolute atomic E-state index is 13.2. The van der Waals surface area contributed by atoms with E-state index in [1.165, 1.54) is 24.3 Å². The van der Waals surface area contributed by atoms with Gasteiger partial charge in [0.05, 0.1) is 5.69 Å². The van der Waals surface area contributed by atoms with E-state index in [0.29, 0.717) is 23.6 Å². The number of rotatable bonds is 3. The molecule has 0 aromatic heterocycles. The van der Waals surface area contributed by atoms with Gasteiger partial charge in [-0.3, -0.25) is 9.59 Å². The van der Waals surface area contributed by atoms with E-state index >= 15 is 0 Å². The molecule has 2 aromatic carbocycles. The summed E-state index contributed by atoms with van der Waals surface area (Å²) in [5, 5.41) is 3.12. The molecule has 28 heavy (non-hydrogen) atoms. The molecule has 4 rings (SSSR count). The topological polar surface area (TPSA) is 49.4 Å². The molecule has 0 spiro atoms. The molecule has 2 aliphatic rings. The molecule has 2 atom stereocenters. The van der Waals surface area contributed by atoms with E-state index in [-0.39, 0.29) is 23.7 Å². The van der Waals surface area contributed by atoms with Crippen LogP contribution in [0.15, 0.2) is 47.4 Å². The largest absolute Gasteiger partial charge is 0.349 e. The zero-order chi connectivity index (χ0) is 19.7. The highest BCUT2D eigenvalue weighted by Gasteiger charge is 2.27. The number of halogens is 1. The van der Waals surface area contributed by atoms with Crippen LogP contribution in [0.2, 0.25) is 0 Å². The van der Waals surface area contributed by atoms with Gasteiger partial charge in [-0.1, -0.05) is 6.92 Å². The lowest BCUT2D eigenvalue weighted by atomic mass is 10.1. The number of hydrogen-bond donors (Lipinski definition) is 1. The molecule has 146 valence electrons. The van der Waals surface area contributed by atoms with Gasteiger partial charge in [-0.15, -0.1) is 11.8 Å². The molecular weight excluding hydrogens is 375 g/mol. The van der Waals surface area contributed by atoms with Crippen LogP contribution in [-0.2, 0) is 0 Å². The summed E-state index contributed by atoms with van der Waals surface area (Å²) < 4.78 is 13.2. The monoisotopic (exact) mass is 398 g/mol. The minimum atomic E-state index is -0.369. The van der Waals surface area contributed by atoms with Gasteiger partial charge >= 0.3 is 0 Å². The zero-order valence-electron chi connectivity index (χ0n) is 15.8. The van der Waals surface area contributed by atoms with Crippen LogP contribution >= 0.6 is 11.8 Å². The summed E-state index contributed by atoms with van der Waals surface area (Å²) in [4.78, 5) is 28.3. The third-order valence-electron chi connectivity index (χ3n) is 5.45. The minimum Gasteiger partial charge on any atom is -0.349 e. The number of thioether (sulfide) groups is 1.